The Kier molecular flexibility index (Phi) is 6.01. The van der Waals surface area contributed by atoms with Crippen molar-refractivity contribution >= 4 is 28.9 Å². The maximum absolute atomic E-state index is 12.9. The van der Waals surface area contributed by atoms with Gasteiger partial charge < -0.3 is 10.2 Å². The van der Waals surface area contributed by atoms with Gasteiger partial charge in [0.2, 0.25) is 11.8 Å². The van der Waals surface area contributed by atoms with Crippen molar-refractivity contribution in [3.8, 4) is 0 Å². The summed E-state index contributed by atoms with van der Waals surface area (Å²) in [5.41, 5.74) is 3.02. The van der Waals surface area contributed by atoms with Gasteiger partial charge in [0.1, 0.15) is 6.54 Å². The molecule has 0 aromatic heterocycles. The normalized spacial score (nSPS) is 13.8. The first kappa shape index (κ1) is 18.8. The fraction of sp³-hybridized carbons (Fsp3) is 0.318. The molecule has 0 saturated heterocycles. The van der Waals surface area contributed by atoms with Gasteiger partial charge >= 0.3 is 0 Å². The Bertz CT molecular complexity index is 844. The summed E-state index contributed by atoms with van der Waals surface area (Å²) in [5.74, 6) is 0.246. The van der Waals surface area contributed by atoms with Gasteiger partial charge in [0.05, 0.1) is 23.5 Å². The summed E-state index contributed by atoms with van der Waals surface area (Å²) in [5, 5.41) is 2.91. The van der Waals surface area contributed by atoms with Gasteiger partial charge in [-0.15, -0.1) is 0 Å². The number of hydrogen-bond acceptors (Lipinski definition) is 3. The third kappa shape index (κ3) is 4.82. The first-order valence-electron chi connectivity index (χ1n) is 9.33. The quantitative estimate of drug-likeness (QED) is 0.850. The zero-order chi connectivity index (χ0) is 19.2. The summed E-state index contributed by atoms with van der Waals surface area (Å²) in [6.07, 6.45) is 1.08. The summed E-state index contributed by atoms with van der Waals surface area (Å²) >= 11 is 0. The second-order valence-corrected chi connectivity index (χ2v) is 7.10. The van der Waals surface area contributed by atoms with Crippen molar-refractivity contribution in [2.24, 2.45) is 10.9 Å². The molecule has 3 rings (SSSR count). The third-order valence-corrected chi connectivity index (χ3v) is 4.50. The average molecular weight is 363 g/mol. The number of carbonyl (C=O) groups excluding carboxylic acids is 2. The van der Waals surface area contributed by atoms with E-state index in [-0.39, 0.29) is 24.8 Å². The summed E-state index contributed by atoms with van der Waals surface area (Å²) in [7, 11) is 0. The number of para-hydroxylation sites is 2. The first-order chi connectivity index (χ1) is 13.0. The van der Waals surface area contributed by atoms with E-state index in [1.165, 1.54) is 0 Å². The number of rotatable bonds is 6. The largest absolute Gasteiger partial charge is 0.355 e. The molecular formula is C22H25N3O2. The number of nitrogens with one attached hydrogen (secondary N) is 1. The highest BCUT2D eigenvalue weighted by atomic mass is 16.2. The molecule has 0 aliphatic carbocycles. The van der Waals surface area contributed by atoms with E-state index >= 15 is 0 Å². The minimum Gasteiger partial charge on any atom is -0.355 e. The highest BCUT2D eigenvalue weighted by Crippen LogP contribution is 2.32. The molecule has 2 amide bonds. The smallest absolute Gasteiger partial charge is 0.240 e. The van der Waals surface area contributed by atoms with Gasteiger partial charge in [-0.25, -0.2) is 0 Å². The van der Waals surface area contributed by atoms with Crippen LogP contribution in [0.5, 0.6) is 0 Å². The van der Waals surface area contributed by atoms with E-state index in [0.29, 0.717) is 23.8 Å². The molecule has 5 heteroatoms. The van der Waals surface area contributed by atoms with Crippen molar-refractivity contribution < 1.29 is 9.59 Å². The molecule has 1 heterocycles. The number of amides is 2. The van der Waals surface area contributed by atoms with Crippen LogP contribution in [0.25, 0.3) is 0 Å². The van der Waals surface area contributed by atoms with Crippen LogP contribution in [0.15, 0.2) is 59.6 Å². The van der Waals surface area contributed by atoms with Crippen molar-refractivity contribution in [3.63, 3.8) is 0 Å². The molecule has 0 spiro atoms. The number of anilines is 1. The van der Waals surface area contributed by atoms with Crippen molar-refractivity contribution in [3.05, 3.63) is 60.2 Å². The molecule has 0 radical (unpaired) electrons. The Labute approximate surface area is 160 Å². The lowest BCUT2D eigenvalue weighted by Gasteiger charge is -2.22. The zero-order valence-corrected chi connectivity index (χ0v) is 15.8. The molecule has 0 bridgehead atoms. The molecule has 140 valence electrons. The van der Waals surface area contributed by atoms with E-state index in [9.17, 15) is 9.59 Å². The lowest BCUT2D eigenvalue weighted by atomic mass is 10.1. The standard InChI is InChI=1S/C22H25N3O2/c1-16(2)12-13-23-21(26)15-25-20-11-7-6-10-18(20)24-19(14-22(25)27)17-8-4-3-5-9-17/h3-11,16H,12-15H2,1-2H3,(H,23,26). The maximum atomic E-state index is 12.9. The molecule has 2 aromatic rings. The summed E-state index contributed by atoms with van der Waals surface area (Å²) in [6.45, 7) is 4.85. The van der Waals surface area contributed by atoms with Crippen molar-refractivity contribution in [2.45, 2.75) is 26.7 Å². The third-order valence-electron chi connectivity index (χ3n) is 4.50. The fourth-order valence-corrected chi connectivity index (χ4v) is 3.02. The van der Waals surface area contributed by atoms with E-state index in [4.69, 9.17) is 4.99 Å². The van der Waals surface area contributed by atoms with E-state index in [0.717, 1.165) is 17.7 Å². The molecule has 0 atom stereocenters. The van der Waals surface area contributed by atoms with Gasteiger partial charge in [-0.1, -0.05) is 56.3 Å². The van der Waals surface area contributed by atoms with Crippen LogP contribution >= 0.6 is 0 Å². The van der Waals surface area contributed by atoms with Gasteiger partial charge in [-0.2, -0.15) is 0 Å². The predicted molar refractivity (Wildman–Crippen MR) is 109 cm³/mol. The van der Waals surface area contributed by atoms with Gasteiger partial charge in [0, 0.05) is 6.54 Å². The second-order valence-electron chi connectivity index (χ2n) is 7.10. The Balaban J connectivity index is 1.82. The molecule has 0 fully saturated rings. The van der Waals surface area contributed by atoms with E-state index in [2.05, 4.69) is 19.2 Å². The van der Waals surface area contributed by atoms with Crippen LogP contribution in [0.1, 0.15) is 32.3 Å². The van der Waals surface area contributed by atoms with Crippen molar-refractivity contribution in [2.75, 3.05) is 18.0 Å². The van der Waals surface area contributed by atoms with Crippen LogP contribution in [-0.4, -0.2) is 30.6 Å². The maximum Gasteiger partial charge on any atom is 0.240 e. The van der Waals surface area contributed by atoms with E-state index < -0.39 is 0 Å². The number of carbonyl (C=O) groups is 2. The summed E-state index contributed by atoms with van der Waals surface area (Å²) < 4.78 is 0. The van der Waals surface area contributed by atoms with E-state index in [1.54, 1.807) is 4.90 Å². The minimum absolute atomic E-state index is 0.00549. The molecule has 1 aliphatic heterocycles. The van der Waals surface area contributed by atoms with Gasteiger partial charge in [0.15, 0.2) is 0 Å². The van der Waals surface area contributed by atoms with Crippen LogP contribution in [0.3, 0.4) is 0 Å². The van der Waals surface area contributed by atoms with Gasteiger partial charge in [0.25, 0.3) is 0 Å². The van der Waals surface area contributed by atoms with Crippen LogP contribution in [0.4, 0.5) is 11.4 Å². The Morgan fingerprint density at radius 2 is 1.81 bits per heavy atom. The van der Waals surface area contributed by atoms with Crippen LogP contribution in [-0.2, 0) is 9.59 Å². The molecular weight excluding hydrogens is 338 g/mol. The van der Waals surface area contributed by atoms with Crippen LogP contribution < -0.4 is 10.2 Å². The summed E-state index contributed by atoms with van der Waals surface area (Å²) in [6, 6.07) is 17.2. The Hall–Kier alpha value is -2.95. The summed E-state index contributed by atoms with van der Waals surface area (Å²) in [4.78, 5) is 31.6. The Morgan fingerprint density at radius 3 is 2.56 bits per heavy atom. The first-order valence-corrected chi connectivity index (χ1v) is 9.33. The number of nitrogens with zero attached hydrogens (tertiary/aromatic N) is 2. The molecule has 1 N–H and O–H groups in total. The number of aliphatic imine (C=N–C) groups is 1. The van der Waals surface area contributed by atoms with Crippen LogP contribution in [0, 0.1) is 5.92 Å². The number of hydrogen-bond donors (Lipinski definition) is 1. The lowest BCUT2D eigenvalue weighted by Crippen LogP contribution is -2.41. The highest BCUT2D eigenvalue weighted by molar-refractivity contribution is 6.18. The average Bonchev–Trinajstić information content (AvgIpc) is 2.79. The molecule has 1 aliphatic rings. The highest BCUT2D eigenvalue weighted by Gasteiger charge is 2.26. The van der Waals surface area contributed by atoms with Crippen molar-refractivity contribution in [1.82, 2.24) is 5.32 Å². The minimum atomic E-state index is -0.151. The molecule has 0 saturated carbocycles. The number of fused-ring (bicyclic) bond motifs is 1. The topological polar surface area (TPSA) is 61.8 Å². The molecule has 5 nitrogen and oxygen atoms in total. The predicted octanol–water partition coefficient (Wildman–Crippen LogP) is 3.71. The molecule has 2 aromatic carbocycles. The van der Waals surface area contributed by atoms with Gasteiger partial charge in [-0.05, 0) is 30.0 Å². The zero-order valence-electron chi connectivity index (χ0n) is 15.8. The Morgan fingerprint density at radius 1 is 1.11 bits per heavy atom. The SMILES string of the molecule is CC(C)CCNC(=O)CN1C(=O)CC(c2ccccc2)=Nc2ccccc21. The second kappa shape index (κ2) is 8.62. The van der Waals surface area contributed by atoms with Crippen LogP contribution in [0.2, 0.25) is 0 Å². The van der Waals surface area contributed by atoms with Crippen molar-refractivity contribution in [1.29, 1.82) is 0 Å². The fourth-order valence-electron chi connectivity index (χ4n) is 3.02. The lowest BCUT2D eigenvalue weighted by molar-refractivity contribution is -0.123. The number of benzene rings is 2. The van der Waals surface area contributed by atoms with Gasteiger partial charge in [-0.3, -0.25) is 14.6 Å². The monoisotopic (exact) mass is 363 g/mol. The molecule has 27 heavy (non-hydrogen) atoms. The molecule has 0 unspecified atom stereocenters. The van der Waals surface area contributed by atoms with E-state index in [1.807, 2.05) is 54.6 Å².